The number of hydrogen-bond acceptors (Lipinski definition) is 10. The van der Waals surface area contributed by atoms with Crippen LogP contribution in [-0.4, -0.2) is 60.1 Å². The van der Waals surface area contributed by atoms with Crippen molar-refractivity contribution in [1.29, 1.82) is 0 Å². The van der Waals surface area contributed by atoms with Gasteiger partial charge in [0.05, 0.1) is 39.8 Å². The molecule has 0 radical (unpaired) electrons. The van der Waals surface area contributed by atoms with Gasteiger partial charge in [0, 0.05) is 24.9 Å². The summed E-state index contributed by atoms with van der Waals surface area (Å²) in [5, 5.41) is 37.4. The van der Waals surface area contributed by atoms with E-state index in [-0.39, 0.29) is 6.61 Å². The highest BCUT2D eigenvalue weighted by molar-refractivity contribution is 7.21. The van der Waals surface area contributed by atoms with Crippen molar-refractivity contribution in [3.63, 3.8) is 0 Å². The predicted octanol–water partition coefficient (Wildman–Crippen LogP) is 2.41. The minimum absolute atomic E-state index is 0.196. The fraction of sp³-hybridized carbons (Fsp3) is 0.273. The highest BCUT2D eigenvalue weighted by Gasteiger charge is 2.41. The number of hydrogen-bond donors (Lipinski definition) is 5. The molecular weight excluding hydrogens is 428 g/mol. The van der Waals surface area contributed by atoms with Gasteiger partial charge in [0.15, 0.2) is 0 Å². The van der Waals surface area contributed by atoms with Crippen LogP contribution in [0.3, 0.4) is 0 Å². The average Bonchev–Trinajstić information content (AvgIpc) is 3.36. The quantitative estimate of drug-likeness (QED) is 0.300. The van der Waals surface area contributed by atoms with Crippen molar-refractivity contribution >= 4 is 39.0 Å². The summed E-state index contributed by atoms with van der Waals surface area (Å²) in [7, 11) is 0. The van der Waals surface area contributed by atoms with Gasteiger partial charge in [-0.15, -0.1) is 11.3 Å². The van der Waals surface area contributed by atoms with Crippen molar-refractivity contribution in [3.8, 4) is 10.6 Å². The summed E-state index contributed by atoms with van der Waals surface area (Å²) in [5.74, 6) is 0.445. The van der Waals surface area contributed by atoms with Gasteiger partial charge in [-0.05, 0) is 30.7 Å². The van der Waals surface area contributed by atoms with E-state index in [1.54, 1.807) is 18.6 Å². The number of aromatic nitrogens is 4. The van der Waals surface area contributed by atoms with E-state index in [1.807, 2.05) is 36.4 Å². The summed E-state index contributed by atoms with van der Waals surface area (Å²) in [6, 6.07) is 11.0. The third kappa shape index (κ3) is 4.00. The molecule has 0 spiro atoms. The summed E-state index contributed by atoms with van der Waals surface area (Å²) < 4.78 is 1.04. The van der Waals surface area contributed by atoms with Gasteiger partial charge in [-0.1, -0.05) is 12.1 Å². The van der Waals surface area contributed by atoms with Crippen LogP contribution in [0.25, 0.3) is 20.8 Å². The van der Waals surface area contributed by atoms with Gasteiger partial charge in [-0.2, -0.15) is 4.98 Å². The molecule has 1 unspecified atom stereocenters. The topological polar surface area (TPSA) is 136 Å². The SMILES string of the molecule is OC[C@H]1CC(Nc2nc(Nc3cccnc3)ncc2-c2nc3ccccc3s2)[C@H](O)[C@@H]1O. The molecular formula is C22H22N6O3S. The molecule has 0 amide bonds. The Bertz CT molecular complexity index is 1190. The van der Waals surface area contributed by atoms with Crippen molar-refractivity contribution < 1.29 is 15.3 Å². The molecule has 4 atom stereocenters. The molecule has 1 fully saturated rings. The monoisotopic (exact) mass is 450 g/mol. The summed E-state index contributed by atoms with van der Waals surface area (Å²) in [6.07, 6.45) is 3.42. The molecule has 0 aliphatic heterocycles. The first kappa shape index (κ1) is 20.7. The highest BCUT2D eigenvalue weighted by Crippen LogP contribution is 2.36. The van der Waals surface area contributed by atoms with Crippen molar-refractivity contribution in [2.45, 2.75) is 24.7 Å². The molecule has 1 saturated carbocycles. The lowest BCUT2D eigenvalue weighted by molar-refractivity contribution is 0.00446. The molecule has 10 heteroatoms. The molecule has 1 aromatic carbocycles. The third-order valence-electron chi connectivity index (χ3n) is 5.59. The number of aliphatic hydroxyl groups excluding tert-OH is 3. The van der Waals surface area contributed by atoms with Gasteiger partial charge in [-0.25, -0.2) is 9.97 Å². The first-order chi connectivity index (χ1) is 15.6. The molecule has 32 heavy (non-hydrogen) atoms. The number of anilines is 3. The fourth-order valence-corrected chi connectivity index (χ4v) is 4.86. The molecule has 9 nitrogen and oxygen atoms in total. The zero-order valence-corrected chi connectivity index (χ0v) is 17.8. The Labute approximate surface area is 187 Å². The molecule has 0 bridgehead atoms. The second-order valence-corrected chi connectivity index (χ2v) is 8.75. The third-order valence-corrected chi connectivity index (χ3v) is 6.66. The minimum Gasteiger partial charge on any atom is -0.396 e. The Morgan fingerprint density at radius 3 is 2.66 bits per heavy atom. The largest absolute Gasteiger partial charge is 0.396 e. The highest BCUT2D eigenvalue weighted by atomic mass is 32.1. The van der Waals surface area contributed by atoms with Crippen LogP contribution in [0.1, 0.15) is 6.42 Å². The Kier molecular flexibility index (Phi) is 5.66. The van der Waals surface area contributed by atoms with Crippen LogP contribution in [-0.2, 0) is 0 Å². The smallest absolute Gasteiger partial charge is 0.229 e. The zero-order chi connectivity index (χ0) is 22.1. The molecule has 4 aromatic rings. The first-order valence-corrected chi connectivity index (χ1v) is 11.1. The summed E-state index contributed by atoms with van der Waals surface area (Å²) in [5.41, 5.74) is 2.31. The van der Waals surface area contributed by atoms with E-state index in [4.69, 9.17) is 4.98 Å². The van der Waals surface area contributed by atoms with Crippen LogP contribution in [0.5, 0.6) is 0 Å². The summed E-state index contributed by atoms with van der Waals surface area (Å²) in [4.78, 5) is 17.9. The number of benzene rings is 1. The van der Waals surface area contributed by atoms with Crippen LogP contribution in [0.4, 0.5) is 17.5 Å². The normalized spacial score (nSPS) is 22.8. The Hall–Kier alpha value is -3.18. The maximum Gasteiger partial charge on any atom is 0.229 e. The van der Waals surface area contributed by atoms with Crippen LogP contribution < -0.4 is 10.6 Å². The van der Waals surface area contributed by atoms with Crippen molar-refractivity contribution in [2.75, 3.05) is 17.2 Å². The van der Waals surface area contributed by atoms with E-state index in [0.717, 1.165) is 20.9 Å². The lowest BCUT2D eigenvalue weighted by Crippen LogP contribution is -2.35. The van der Waals surface area contributed by atoms with Crippen molar-refractivity contribution in [3.05, 3.63) is 55.0 Å². The van der Waals surface area contributed by atoms with Gasteiger partial charge >= 0.3 is 0 Å². The van der Waals surface area contributed by atoms with E-state index in [9.17, 15) is 15.3 Å². The maximum absolute atomic E-state index is 10.5. The molecule has 3 heterocycles. The van der Waals surface area contributed by atoms with Crippen molar-refractivity contribution in [2.24, 2.45) is 5.92 Å². The zero-order valence-electron chi connectivity index (χ0n) is 17.0. The van der Waals surface area contributed by atoms with E-state index in [1.165, 1.54) is 11.3 Å². The van der Waals surface area contributed by atoms with Gasteiger partial charge in [0.1, 0.15) is 16.9 Å². The standard InChI is InChI=1S/C22H22N6O3S/c29-11-12-8-16(19(31)18(12)30)26-20-14(21-27-15-5-1-2-6-17(15)32-21)10-24-22(28-20)25-13-4-3-7-23-9-13/h1-7,9-10,12,16,18-19,29-31H,8,11H2,(H2,24,25,26,28)/t12-,16?,18-,19+/m1/s1. The second kappa shape index (κ2) is 8.75. The number of para-hydroxylation sites is 1. The Balaban J connectivity index is 1.52. The molecule has 0 saturated heterocycles. The van der Waals surface area contributed by atoms with E-state index < -0.39 is 24.2 Å². The Morgan fingerprint density at radius 2 is 1.91 bits per heavy atom. The second-order valence-electron chi connectivity index (χ2n) is 7.72. The molecule has 1 aliphatic carbocycles. The lowest BCUT2D eigenvalue weighted by Gasteiger charge is -2.20. The molecule has 1 aliphatic rings. The Morgan fingerprint density at radius 1 is 1.03 bits per heavy atom. The molecule has 5 N–H and O–H groups in total. The maximum atomic E-state index is 10.5. The van der Waals surface area contributed by atoms with Crippen LogP contribution >= 0.6 is 11.3 Å². The van der Waals surface area contributed by atoms with Gasteiger partial charge in [0.25, 0.3) is 0 Å². The number of aliphatic hydroxyl groups is 3. The summed E-state index contributed by atoms with van der Waals surface area (Å²) in [6.45, 7) is -0.196. The predicted molar refractivity (Wildman–Crippen MR) is 123 cm³/mol. The van der Waals surface area contributed by atoms with Gasteiger partial charge in [-0.3, -0.25) is 4.98 Å². The van der Waals surface area contributed by atoms with Crippen LogP contribution in [0, 0.1) is 5.92 Å². The van der Waals surface area contributed by atoms with Gasteiger partial charge in [0.2, 0.25) is 5.95 Å². The van der Waals surface area contributed by atoms with E-state index >= 15 is 0 Å². The minimum atomic E-state index is -1.03. The van der Waals surface area contributed by atoms with Gasteiger partial charge < -0.3 is 26.0 Å². The number of rotatable bonds is 6. The number of pyridine rings is 1. The van der Waals surface area contributed by atoms with E-state index in [0.29, 0.717) is 23.8 Å². The van der Waals surface area contributed by atoms with E-state index in [2.05, 4.69) is 25.6 Å². The van der Waals surface area contributed by atoms with Crippen LogP contribution in [0.15, 0.2) is 55.0 Å². The summed E-state index contributed by atoms with van der Waals surface area (Å²) >= 11 is 1.53. The number of thiazole rings is 1. The van der Waals surface area contributed by atoms with Crippen molar-refractivity contribution in [1.82, 2.24) is 19.9 Å². The average molecular weight is 451 g/mol. The van der Waals surface area contributed by atoms with Crippen LogP contribution in [0.2, 0.25) is 0 Å². The lowest BCUT2D eigenvalue weighted by atomic mass is 10.1. The fourth-order valence-electron chi connectivity index (χ4n) is 3.89. The number of fused-ring (bicyclic) bond motifs is 1. The molecule has 3 aromatic heterocycles. The first-order valence-electron chi connectivity index (χ1n) is 10.3. The molecule has 5 rings (SSSR count). The number of nitrogens with one attached hydrogen (secondary N) is 2. The number of nitrogens with zero attached hydrogens (tertiary/aromatic N) is 4. The molecule has 164 valence electrons.